The number of amides is 3. The van der Waals surface area contributed by atoms with Gasteiger partial charge >= 0.3 is 6.03 Å². The Hall–Kier alpha value is -2.22. The number of nitrogens with one attached hydrogen (secondary N) is 2. The van der Waals surface area contributed by atoms with E-state index in [-0.39, 0.29) is 12.5 Å². The van der Waals surface area contributed by atoms with Gasteiger partial charge in [0, 0.05) is 23.9 Å². The van der Waals surface area contributed by atoms with Crippen molar-refractivity contribution in [3.8, 4) is 0 Å². The molecule has 26 heavy (non-hydrogen) atoms. The van der Waals surface area contributed by atoms with Gasteiger partial charge in [-0.25, -0.2) is 4.79 Å². The number of carbonyl (C=O) groups excluding carboxylic acids is 2. The monoisotopic (exact) mass is 372 g/mol. The highest BCUT2D eigenvalue weighted by Gasteiger charge is 2.33. The van der Waals surface area contributed by atoms with E-state index in [1.165, 1.54) is 5.56 Å². The van der Waals surface area contributed by atoms with Crippen LogP contribution in [0.3, 0.4) is 0 Å². The SMILES string of the molecule is NC[C@@H]1CN(CC(=O)NC(=O)NCc2cccs2)C[C@H]1c1ccccc1. The van der Waals surface area contributed by atoms with Crippen LogP contribution in [0.2, 0.25) is 0 Å². The fourth-order valence-electron chi connectivity index (χ4n) is 3.40. The Morgan fingerprint density at radius 1 is 1.15 bits per heavy atom. The van der Waals surface area contributed by atoms with Gasteiger partial charge in [-0.05, 0) is 29.5 Å². The molecule has 7 heteroatoms. The van der Waals surface area contributed by atoms with Gasteiger partial charge < -0.3 is 11.1 Å². The Morgan fingerprint density at radius 3 is 2.65 bits per heavy atom. The van der Waals surface area contributed by atoms with Gasteiger partial charge in [-0.15, -0.1) is 11.3 Å². The van der Waals surface area contributed by atoms with E-state index in [1.807, 2.05) is 35.7 Å². The molecular weight excluding hydrogens is 348 g/mol. The zero-order valence-electron chi connectivity index (χ0n) is 14.6. The van der Waals surface area contributed by atoms with Crippen molar-refractivity contribution in [2.45, 2.75) is 12.5 Å². The zero-order chi connectivity index (χ0) is 18.4. The number of hydrogen-bond acceptors (Lipinski definition) is 5. The minimum absolute atomic E-state index is 0.201. The predicted molar refractivity (Wildman–Crippen MR) is 103 cm³/mol. The topological polar surface area (TPSA) is 87.5 Å². The molecule has 1 aromatic carbocycles. The molecule has 3 rings (SSSR count). The second-order valence-electron chi connectivity index (χ2n) is 6.52. The van der Waals surface area contributed by atoms with E-state index in [0.29, 0.717) is 24.9 Å². The lowest BCUT2D eigenvalue weighted by molar-refractivity contribution is -0.120. The molecule has 1 saturated heterocycles. The summed E-state index contributed by atoms with van der Waals surface area (Å²) in [6.45, 7) is 2.74. The first-order chi connectivity index (χ1) is 12.7. The molecule has 0 unspecified atom stereocenters. The molecule has 0 radical (unpaired) electrons. The smallest absolute Gasteiger partial charge is 0.321 e. The highest BCUT2D eigenvalue weighted by atomic mass is 32.1. The minimum atomic E-state index is -0.461. The van der Waals surface area contributed by atoms with Gasteiger partial charge in [-0.3, -0.25) is 15.0 Å². The third-order valence-corrected chi connectivity index (χ3v) is 5.55. The summed E-state index contributed by atoms with van der Waals surface area (Å²) in [6.07, 6.45) is 0. The quantitative estimate of drug-likeness (QED) is 0.721. The minimum Gasteiger partial charge on any atom is -0.333 e. The Morgan fingerprint density at radius 2 is 1.96 bits per heavy atom. The molecule has 4 N–H and O–H groups in total. The van der Waals surface area contributed by atoms with Gasteiger partial charge in [0.2, 0.25) is 5.91 Å². The van der Waals surface area contributed by atoms with E-state index in [2.05, 4.69) is 27.7 Å². The summed E-state index contributed by atoms with van der Waals surface area (Å²) >= 11 is 1.56. The van der Waals surface area contributed by atoms with Crippen molar-refractivity contribution < 1.29 is 9.59 Å². The molecule has 3 amide bonds. The molecule has 2 heterocycles. The maximum atomic E-state index is 12.2. The van der Waals surface area contributed by atoms with Gasteiger partial charge in [0.05, 0.1) is 13.1 Å². The standard InChI is InChI=1S/C19H24N4O2S/c20-9-15-11-23(12-17(15)14-5-2-1-3-6-14)13-18(24)22-19(25)21-10-16-7-4-8-26-16/h1-8,15,17H,9-13,20H2,(H2,21,22,24,25)/t15-,17+/m1/s1. The molecule has 138 valence electrons. The molecule has 1 aromatic heterocycles. The highest BCUT2D eigenvalue weighted by molar-refractivity contribution is 7.09. The summed E-state index contributed by atoms with van der Waals surface area (Å²) < 4.78 is 0. The summed E-state index contributed by atoms with van der Waals surface area (Å²) in [4.78, 5) is 27.1. The lowest BCUT2D eigenvalue weighted by atomic mass is 9.89. The van der Waals surface area contributed by atoms with Crippen LogP contribution in [0.5, 0.6) is 0 Å². The normalized spacial score (nSPS) is 20.0. The Bertz CT molecular complexity index is 720. The summed E-state index contributed by atoms with van der Waals surface area (Å²) in [5.74, 6) is 0.345. The van der Waals surface area contributed by atoms with E-state index in [9.17, 15) is 9.59 Å². The lowest BCUT2D eigenvalue weighted by Gasteiger charge is -2.16. The number of imide groups is 1. The molecule has 6 nitrogen and oxygen atoms in total. The second kappa shape index (κ2) is 8.93. The first-order valence-electron chi connectivity index (χ1n) is 8.73. The molecule has 2 atom stereocenters. The van der Waals surface area contributed by atoms with E-state index < -0.39 is 6.03 Å². The van der Waals surface area contributed by atoms with E-state index >= 15 is 0 Å². The van der Waals surface area contributed by atoms with Crippen LogP contribution in [0.25, 0.3) is 0 Å². The van der Waals surface area contributed by atoms with Gasteiger partial charge in [-0.2, -0.15) is 0 Å². The molecule has 0 saturated carbocycles. The first-order valence-corrected chi connectivity index (χ1v) is 9.61. The molecule has 0 bridgehead atoms. The van der Waals surface area contributed by atoms with Crippen molar-refractivity contribution in [3.05, 3.63) is 58.3 Å². The number of rotatable bonds is 6. The number of nitrogens with two attached hydrogens (primary N) is 1. The van der Waals surface area contributed by atoms with Gasteiger partial charge in [0.25, 0.3) is 0 Å². The Balaban J connectivity index is 1.47. The van der Waals surface area contributed by atoms with Crippen molar-refractivity contribution in [2.24, 2.45) is 11.7 Å². The molecule has 0 spiro atoms. The number of hydrogen-bond donors (Lipinski definition) is 3. The van der Waals surface area contributed by atoms with Crippen LogP contribution in [-0.2, 0) is 11.3 Å². The third kappa shape index (κ3) is 4.91. The predicted octanol–water partition coefficient (Wildman–Crippen LogP) is 1.75. The Kier molecular flexibility index (Phi) is 6.38. The van der Waals surface area contributed by atoms with Crippen LogP contribution < -0.4 is 16.4 Å². The maximum absolute atomic E-state index is 12.2. The van der Waals surface area contributed by atoms with Crippen LogP contribution in [0, 0.1) is 5.92 Å². The van der Waals surface area contributed by atoms with Crippen molar-refractivity contribution >= 4 is 23.3 Å². The molecule has 1 fully saturated rings. The lowest BCUT2D eigenvalue weighted by Crippen LogP contribution is -2.44. The summed E-state index contributed by atoms with van der Waals surface area (Å²) in [5, 5.41) is 7.04. The molecule has 1 aliphatic rings. The number of carbonyl (C=O) groups is 2. The van der Waals surface area contributed by atoms with Crippen LogP contribution in [0.15, 0.2) is 47.8 Å². The average Bonchev–Trinajstić information content (AvgIpc) is 3.30. The average molecular weight is 372 g/mol. The van der Waals surface area contributed by atoms with E-state index in [1.54, 1.807) is 11.3 Å². The van der Waals surface area contributed by atoms with Crippen molar-refractivity contribution in [1.29, 1.82) is 0 Å². The summed E-state index contributed by atoms with van der Waals surface area (Å²) in [7, 11) is 0. The summed E-state index contributed by atoms with van der Waals surface area (Å²) in [6, 6.07) is 13.7. The van der Waals surface area contributed by atoms with Gasteiger partial charge in [0.1, 0.15) is 0 Å². The second-order valence-corrected chi connectivity index (χ2v) is 7.55. The fourth-order valence-corrected chi connectivity index (χ4v) is 4.04. The van der Waals surface area contributed by atoms with Crippen molar-refractivity contribution in [1.82, 2.24) is 15.5 Å². The Labute approximate surface area is 157 Å². The molecule has 0 aliphatic carbocycles. The molecule has 1 aliphatic heterocycles. The van der Waals surface area contributed by atoms with Crippen LogP contribution in [0.1, 0.15) is 16.4 Å². The van der Waals surface area contributed by atoms with Crippen molar-refractivity contribution in [2.75, 3.05) is 26.2 Å². The zero-order valence-corrected chi connectivity index (χ0v) is 15.4. The summed E-state index contributed by atoms with van der Waals surface area (Å²) in [5.41, 5.74) is 7.18. The largest absolute Gasteiger partial charge is 0.333 e. The number of benzene rings is 1. The first kappa shape index (κ1) is 18.6. The molecule has 2 aromatic rings. The van der Waals surface area contributed by atoms with Crippen LogP contribution >= 0.6 is 11.3 Å². The fraction of sp³-hybridized carbons (Fsp3) is 0.368. The number of nitrogens with zero attached hydrogens (tertiary/aromatic N) is 1. The molecular formula is C19H24N4O2S. The third-order valence-electron chi connectivity index (χ3n) is 4.67. The highest BCUT2D eigenvalue weighted by Crippen LogP contribution is 2.31. The number of likely N-dealkylation sites (tertiary alicyclic amines) is 1. The van der Waals surface area contributed by atoms with Crippen molar-refractivity contribution in [3.63, 3.8) is 0 Å². The van der Waals surface area contributed by atoms with Gasteiger partial charge in [-0.1, -0.05) is 36.4 Å². The maximum Gasteiger partial charge on any atom is 0.321 e. The van der Waals surface area contributed by atoms with E-state index in [0.717, 1.165) is 18.0 Å². The number of thiophene rings is 1. The van der Waals surface area contributed by atoms with Gasteiger partial charge in [0.15, 0.2) is 0 Å². The van der Waals surface area contributed by atoms with Crippen LogP contribution in [-0.4, -0.2) is 43.0 Å². The van der Waals surface area contributed by atoms with Crippen LogP contribution in [0.4, 0.5) is 4.79 Å². The number of urea groups is 1. The van der Waals surface area contributed by atoms with E-state index in [4.69, 9.17) is 5.73 Å².